The maximum atomic E-state index is 5.40. The first-order valence-electron chi connectivity index (χ1n) is 4.71. The van der Waals surface area contributed by atoms with Gasteiger partial charge in [0.25, 0.3) is 0 Å². The third-order valence-corrected chi connectivity index (χ3v) is 2.21. The Morgan fingerprint density at radius 2 is 1.69 bits per heavy atom. The van der Waals surface area contributed by atoms with Gasteiger partial charge in [0.2, 0.25) is 0 Å². The molecule has 0 aliphatic heterocycles. The van der Waals surface area contributed by atoms with E-state index in [1.807, 2.05) is 12.1 Å². The van der Waals surface area contributed by atoms with Crippen molar-refractivity contribution in [2.75, 3.05) is 18.0 Å². The fourth-order valence-corrected chi connectivity index (χ4v) is 1.39. The molecule has 0 saturated carbocycles. The van der Waals surface area contributed by atoms with Crippen molar-refractivity contribution in [2.24, 2.45) is 0 Å². The molecule has 0 atom stereocenters. The molecule has 1 rings (SSSR count). The van der Waals surface area contributed by atoms with Crippen molar-refractivity contribution in [1.82, 2.24) is 0 Å². The van der Waals surface area contributed by atoms with Gasteiger partial charge in [-0.3, -0.25) is 0 Å². The normalized spacial score (nSPS) is 9.69. The third kappa shape index (κ3) is 2.35. The van der Waals surface area contributed by atoms with Gasteiger partial charge in [-0.15, -0.1) is 0 Å². The first-order valence-corrected chi connectivity index (χ1v) is 4.71. The molecule has 0 fully saturated rings. The van der Waals surface area contributed by atoms with Gasteiger partial charge in [0.15, 0.2) is 0 Å². The molecule has 1 aromatic rings. The van der Waals surface area contributed by atoms with Crippen LogP contribution >= 0.6 is 0 Å². The molecule has 0 N–H and O–H groups in total. The minimum absolute atomic E-state index is 1.04. The molecule has 0 unspecified atom stereocenters. The summed E-state index contributed by atoms with van der Waals surface area (Å²) < 4.78 is 0. The van der Waals surface area contributed by atoms with Gasteiger partial charge < -0.3 is 4.90 Å². The van der Waals surface area contributed by atoms with Crippen LogP contribution in [0.2, 0.25) is 0 Å². The Morgan fingerprint density at radius 1 is 1.15 bits per heavy atom. The number of anilines is 1. The highest BCUT2D eigenvalue weighted by Crippen LogP contribution is 2.14. The van der Waals surface area contributed by atoms with Crippen LogP contribution < -0.4 is 4.90 Å². The molecule has 0 aromatic heterocycles. The molecule has 0 heterocycles. The van der Waals surface area contributed by atoms with Crippen LogP contribution in [-0.2, 0) is 0 Å². The standard InChI is InChI=1S/C12H16N/c1-4-11-7-9-12(10-8-11)13(5-2)6-3/h1,4,7-10H,5-6H2,2-3H3. The largest absolute Gasteiger partial charge is 0.372 e. The third-order valence-electron chi connectivity index (χ3n) is 2.21. The summed E-state index contributed by atoms with van der Waals surface area (Å²) in [6.45, 7) is 11.8. The van der Waals surface area contributed by atoms with Gasteiger partial charge >= 0.3 is 0 Å². The van der Waals surface area contributed by atoms with Crippen LogP contribution in [0.25, 0.3) is 6.08 Å². The molecular weight excluding hydrogens is 158 g/mol. The SMILES string of the molecule is [CH]=Cc1ccc(N(CC)CC)cc1. The molecule has 0 spiro atoms. The lowest BCUT2D eigenvalue weighted by Gasteiger charge is -2.20. The van der Waals surface area contributed by atoms with E-state index in [0.29, 0.717) is 0 Å². The Kier molecular flexibility index (Phi) is 3.56. The van der Waals surface area contributed by atoms with Crippen LogP contribution in [0.4, 0.5) is 5.69 Å². The Balaban J connectivity index is 2.83. The van der Waals surface area contributed by atoms with Gasteiger partial charge in [-0.05, 0) is 31.5 Å². The van der Waals surface area contributed by atoms with Crippen LogP contribution in [0.5, 0.6) is 0 Å². The summed E-state index contributed by atoms with van der Waals surface area (Å²) in [6.07, 6.45) is 1.62. The van der Waals surface area contributed by atoms with E-state index in [4.69, 9.17) is 6.58 Å². The van der Waals surface area contributed by atoms with E-state index >= 15 is 0 Å². The minimum Gasteiger partial charge on any atom is -0.372 e. The van der Waals surface area contributed by atoms with Crippen LogP contribution in [0.15, 0.2) is 24.3 Å². The zero-order valence-corrected chi connectivity index (χ0v) is 8.33. The van der Waals surface area contributed by atoms with E-state index < -0.39 is 0 Å². The highest BCUT2D eigenvalue weighted by molar-refractivity contribution is 5.54. The molecular formula is C12H16N. The van der Waals surface area contributed by atoms with Crippen LogP contribution in [0, 0.1) is 6.58 Å². The van der Waals surface area contributed by atoms with Crippen LogP contribution in [0.1, 0.15) is 19.4 Å². The second-order valence-corrected chi connectivity index (χ2v) is 2.93. The maximum absolute atomic E-state index is 5.40. The van der Waals surface area contributed by atoms with Gasteiger partial charge in [0, 0.05) is 18.8 Å². The number of rotatable bonds is 4. The smallest absolute Gasteiger partial charge is 0.0366 e. The summed E-state index contributed by atoms with van der Waals surface area (Å²) in [5.41, 5.74) is 2.33. The number of nitrogens with zero attached hydrogens (tertiary/aromatic N) is 1. The molecule has 1 nitrogen and oxygen atoms in total. The minimum atomic E-state index is 1.04. The number of hydrogen-bond donors (Lipinski definition) is 0. The zero-order valence-electron chi connectivity index (χ0n) is 8.33. The average Bonchev–Trinajstić information content (AvgIpc) is 2.21. The Labute approximate surface area is 80.7 Å². The molecule has 0 amide bonds. The van der Waals surface area contributed by atoms with E-state index in [0.717, 1.165) is 18.7 Å². The molecule has 0 saturated heterocycles. The summed E-state index contributed by atoms with van der Waals surface area (Å²) in [7, 11) is 0. The first kappa shape index (κ1) is 9.85. The van der Waals surface area contributed by atoms with Crippen molar-refractivity contribution in [3.05, 3.63) is 36.4 Å². The van der Waals surface area contributed by atoms with Gasteiger partial charge in [-0.2, -0.15) is 0 Å². The molecule has 1 heteroatoms. The van der Waals surface area contributed by atoms with Crippen molar-refractivity contribution >= 4 is 11.8 Å². The maximum Gasteiger partial charge on any atom is 0.0366 e. The van der Waals surface area contributed by atoms with E-state index in [1.54, 1.807) is 6.08 Å². The molecule has 69 valence electrons. The lowest BCUT2D eigenvalue weighted by atomic mass is 10.2. The molecule has 0 bridgehead atoms. The second kappa shape index (κ2) is 4.70. The summed E-state index contributed by atoms with van der Waals surface area (Å²) >= 11 is 0. The quantitative estimate of drug-likeness (QED) is 0.678. The van der Waals surface area contributed by atoms with Gasteiger partial charge in [0.05, 0.1) is 0 Å². The summed E-state index contributed by atoms with van der Waals surface area (Å²) in [5.74, 6) is 0. The lowest BCUT2D eigenvalue weighted by Crippen LogP contribution is -2.21. The van der Waals surface area contributed by atoms with Crippen molar-refractivity contribution in [2.45, 2.75) is 13.8 Å². The molecule has 0 aliphatic carbocycles. The highest BCUT2D eigenvalue weighted by atomic mass is 15.1. The second-order valence-electron chi connectivity index (χ2n) is 2.93. The average molecular weight is 174 g/mol. The summed E-state index contributed by atoms with van der Waals surface area (Å²) in [4.78, 5) is 2.31. The van der Waals surface area contributed by atoms with Gasteiger partial charge in [-0.25, -0.2) is 0 Å². The van der Waals surface area contributed by atoms with Crippen LogP contribution in [0.3, 0.4) is 0 Å². The fourth-order valence-electron chi connectivity index (χ4n) is 1.39. The molecule has 13 heavy (non-hydrogen) atoms. The predicted octanol–water partition coefficient (Wildman–Crippen LogP) is 2.98. The van der Waals surface area contributed by atoms with E-state index in [-0.39, 0.29) is 0 Å². The van der Waals surface area contributed by atoms with E-state index in [9.17, 15) is 0 Å². The Hall–Kier alpha value is -1.24. The van der Waals surface area contributed by atoms with Crippen molar-refractivity contribution in [3.8, 4) is 0 Å². The monoisotopic (exact) mass is 174 g/mol. The zero-order chi connectivity index (χ0) is 9.68. The molecule has 1 aromatic carbocycles. The van der Waals surface area contributed by atoms with Gasteiger partial charge in [0.1, 0.15) is 0 Å². The summed E-state index contributed by atoms with van der Waals surface area (Å²) in [6, 6.07) is 8.28. The van der Waals surface area contributed by atoms with E-state index in [1.165, 1.54) is 5.69 Å². The van der Waals surface area contributed by atoms with Crippen molar-refractivity contribution < 1.29 is 0 Å². The van der Waals surface area contributed by atoms with Crippen molar-refractivity contribution in [1.29, 1.82) is 0 Å². The lowest BCUT2D eigenvalue weighted by molar-refractivity contribution is 0.866. The van der Waals surface area contributed by atoms with Crippen molar-refractivity contribution in [3.63, 3.8) is 0 Å². The number of hydrogen-bond acceptors (Lipinski definition) is 1. The Bertz CT molecular complexity index is 257. The Morgan fingerprint density at radius 3 is 2.08 bits per heavy atom. The molecule has 0 aliphatic rings. The number of benzene rings is 1. The summed E-state index contributed by atoms with van der Waals surface area (Å²) in [5, 5.41) is 0. The van der Waals surface area contributed by atoms with E-state index in [2.05, 4.69) is 30.9 Å². The predicted molar refractivity (Wildman–Crippen MR) is 58.8 cm³/mol. The molecule has 1 radical (unpaired) electrons. The van der Waals surface area contributed by atoms with Crippen LogP contribution in [-0.4, -0.2) is 13.1 Å². The van der Waals surface area contributed by atoms with Gasteiger partial charge in [-0.1, -0.05) is 24.8 Å². The topological polar surface area (TPSA) is 3.24 Å². The fraction of sp³-hybridized carbons (Fsp3) is 0.333. The first-order chi connectivity index (χ1) is 6.31. The highest BCUT2D eigenvalue weighted by Gasteiger charge is 1.99.